The Morgan fingerprint density at radius 3 is 2.76 bits per heavy atom. The third-order valence-corrected chi connectivity index (χ3v) is 7.22. The van der Waals surface area contributed by atoms with E-state index in [2.05, 4.69) is 31.5 Å². The summed E-state index contributed by atoms with van der Waals surface area (Å²) in [5.74, 6) is 0.687. The average Bonchev–Trinajstić information content (AvgIpc) is 3.50. The van der Waals surface area contributed by atoms with Crippen molar-refractivity contribution in [2.45, 2.75) is 19.0 Å². The maximum absolute atomic E-state index is 13.7. The van der Waals surface area contributed by atoms with Crippen LogP contribution in [0.25, 0.3) is 11.3 Å². The fourth-order valence-corrected chi connectivity index (χ4v) is 5.42. The molecule has 2 aromatic heterocycles. The van der Waals surface area contributed by atoms with Gasteiger partial charge in [-0.15, -0.1) is 0 Å². The van der Waals surface area contributed by atoms with Crippen LogP contribution in [-0.4, -0.2) is 29.7 Å². The molecule has 194 valence electrons. The van der Waals surface area contributed by atoms with Crippen molar-refractivity contribution in [3.63, 3.8) is 0 Å². The minimum atomic E-state index is -0.362. The van der Waals surface area contributed by atoms with Crippen molar-refractivity contribution < 1.29 is 18.3 Å². The average molecular weight is 595 g/mol. The number of hydrogen-bond donors (Lipinski definition) is 2. The van der Waals surface area contributed by atoms with Crippen LogP contribution in [0.3, 0.4) is 0 Å². The highest BCUT2D eigenvalue weighted by Gasteiger charge is 2.42. The van der Waals surface area contributed by atoms with Gasteiger partial charge in [0.1, 0.15) is 30.0 Å². The van der Waals surface area contributed by atoms with Gasteiger partial charge in [0.25, 0.3) is 0 Å². The van der Waals surface area contributed by atoms with Crippen LogP contribution in [0.2, 0.25) is 0 Å². The van der Waals surface area contributed by atoms with Crippen LogP contribution >= 0.6 is 28.1 Å². The van der Waals surface area contributed by atoms with Crippen molar-refractivity contribution in [1.29, 1.82) is 0 Å². The van der Waals surface area contributed by atoms with E-state index in [9.17, 15) is 9.18 Å². The normalized spacial score (nSPS) is 16.9. The lowest BCUT2D eigenvalue weighted by atomic mass is 10.0. The van der Waals surface area contributed by atoms with Crippen molar-refractivity contribution in [1.82, 2.24) is 10.3 Å². The summed E-state index contributed by atoms with van der Waals surface area (Å²) in [6.07, 6.45) is 1.74. The monoisotopic (exact) mass is 594 g/mol. The molecule has 2 unspecified atom stereocenters. The zero-order chi connectivity index (χ0) is 26.8. The summed E-state index contributed by atoms with van der Waals surface area (Å²) in [6, 6.07) is 19.0. The van der Waals surface area contributed by atoms with E-state index in [1.807, 2.05) is 60.4 Å². The number of pyridine rings is 1. The van der Waals surface area contributed by atoms with E-state index in [1.54, 1.807) is 12.3 Å². The highest BCUT2D eigenvalue weighted by molar-refractivity contribution is 9.10. The van der Waals surface area contributed by atoms with Gasteiger partial charge in [0, 0.05) is 34.7 Å². The number of carbonyl (C=O) groups is 1. The van der Waals surface area contributed by atoms with Gasteiger partial charge >= 0.3 is 0 Å². The highest BCUT2D eigenvalue weighted by Crippen LogP contribution is 2.44. The Kier molecular flexibility index (Phi) is 7.55. The van der Waals surface area contributed by atoms with Gasteiger partial charge in [-0.3, -0.25) is 9.78 Å². The molecule has 3 heterocycles. The van der Waals surface area contributed by atoms with Crippen LogP contribution in [0.1, 0.15) is 29.1 Å². The number of aryl methyl sites for hydroxylation is 1. The molecule has 0 aliphatic carbocycles. The number of amides is 1. The number of thiocarbonyl (C=S) groups is 1. The number of nitrogens with one attached hydrogen (secondary N) is 2. The Labute approximate surface area is 233 Å². The van der Waals surface area contributed by atoms with Gasteiger partial charge in [-0.2, -0.15) is 0 Å². The van der Waals surface area contributed by atoms with Gasteiger partial charge in [0.05, 0.1) is 11.7 Å². The fourth-order valence-electron chi connectivity index (χ4n) is 4.52. The first-order valence-electron chi connectivity index (χ1n) is 11.8. The summed E-state index contributed by atoms with van der Waals surface area (Å²) < 4.78 is 25.6. The fraction of sp³-hybridized carbons (Fsp3) is 0.179. The summed E-state index contributed by atoms with van der Waals surface area (Å²) in [5.41, 5.74) is 3.93. The number of rotatable bonds is 7. The van der Waals surface area contributed by atoms with Crippen molar-refractivity contribution in [2.24, 2.45) is 0 Å². The number of aromatic nitrogens is 1. The number of ether oxygens (including phenoxy) is 1. The zero-order valence-corrected chi connectivity index (χ0v) is 23.0. The predicted molar refractivity (Wildman–Crippen MR) is 151 cm³/mol. The quantitative estimate of drug-likeness (QED) is 0.243. The number of halogens is 2. The maximum atomic E-state index is 13.7. The number of carbonyl (C=O) groups excluding carboxylic acids is 1. The first-order valence-corrected chi connectivity index (χ1v) is 13.0. The number of benzene rings is 2. The molecule has 2 N–H and O–H groups in total. The maximum Gasteiger partial charge on any atom is 0.250 e. The van der Waals surface area contributed by atoms with E-state index in [1.165, 1.54) is 19.2 Å². The Morgan fingerprint density at radius 2 is 2.05 bits per heavy atom. The number of hydrogen-bond acceptors (Lipinski definition) is 5. The molecular weight excluding hydrogens is 571 g/mol. The molecule has 1 amide bonds. The van der Waals surface area contributed by atoms with Gasteiger partial charge in [0.2, 0.25) is 5.91 Å². The van der Waals surface area contributed by atoms with Gasteiger partial charge < -0.3 is 24.7 Å². The van der Waals surface area contributed by atoms with Crippen LogP contribution in [0.15, 0.2) is 81.8 Å². The van der Waals surface area contributed by atoms with E-state index in [0.29, 0.717) is 26.8 Å². The molecule has 1 saturated heterocycles. The molecule has 0 radical (unpaired) electrons. The second-order valence-corrected chi connectivity index (χ2v) is 10.0. The molecule has 4 aromatic rings. The number of anilines is 2. The molecule has 0 bridgehead atoms. The van der Waals surface area contributed by atoms with Crippen LogP contribution in [0.5, 0.6) is 0 Å². The van der Waals surface area contributed by atoms with Crippen molar-refractivity contribution in [3.05, 3.63) is 100 Å². The molecule has 1 aliphatic rings. The van der Waals surface area contributed by atoms with Gasteiger partial charge in [-0.05, 0) is 101 Å². The minimum Gasteiger partial charge on any atom is -0.459 e. The summed E-state index contributed by atoms with van der Waals surface area (Å²) in [5, 5.41) is 6.78. The summed E-state index contributed by atoms with van der Waals surface area (Å²) in [6.45, 7) is 1.89. The third kappa shape index (κ3) is 5.20. The third-order valence-electron chi connectivity index (χ3n) is 6.25. The summed E-state index contributed by atoms with van der Waals surface area (Å²) >= 11 is 9.24. The van der Waals surface area contributed by atoms with Crippen LogP contribution in [-0.2, 0) is 9.53 Å². The van der Waals surface area contributed by atoms with Crippen LogP contribution in [0, 0.1) is 12.7 Å². The lowest BCUT2D eigenvalue weighted by Crippen LogP contribution is -2.29. The number of methoxy groups -OCH3 is 1. The molecule has 1 fully saturated rings. The molecule has 5 rings (SSSR count). The Morgan fingerprint density at radius 1 is 1.21 bits per heavy atom. The molecule has 1 aliphatic heterocycles. The first kappa shape index (κ1) is 26.0. The van der Waals surface area contributed by atoms with Crippen molar-refractivity contribution in [2.75, 3.05) is 23.9 Å². The van der Waals surface area contributed by atoms with Gasteiger partial charge in [-0.25, -0.2) is 4.39 Å². The Hall–Kier alpha value is -3.60. The van der Waals surface area contributed by atoms with E-state index >= 15 is 0 Å². The lowest BCUT2D eigenvalue weighted by Gasteiger charge is -2.27. The molecule has 7 nitrogen and oxygen atoms in total. The lowest BCUT2D eigenvalue weighted by molar-refractivity contribution is -0.119. The van der Waals surface area contributed by atoms with Crippen LogP contribution in [0.4, 0.5) is 15.8 Å². The molecule has 0 spiro atoms. The first-order chi connectivity index (χ1) is 18.4. The van der Waals surface area contributed by atoms with Gasteiger partial charge in [-0.1, -0.05) is 6.07 Å². The summed E-state index contributed by atoms with van der Waals surface area (Å²) in [4.78, 5) is 18.6. The molecule has 10 heteroatoms. The number of furan rings is 1. The largest absolute Gasteiger partial charge is 0.459 e. The predicted octanol–water partition coefficient (Wildman–Crippen LogP) is 6.31. The SMILES string of the molecule is COCC(=O)Nc1ccc(N2C(=S)NC(c3ccccn3)C2c2ccc(-c3ccc(F)cc3Br)o2)cc1C. The summed E-state index contributed by atoms with van der Waals surface area (Å²) in [7, 11) is 1.48. The van der Waals surface area contributed by atoms with Gasteiger partial charge in [0.15, 0.2) is 5.11 Å². The molecule has 0 saturated carbocycles. The van der Waals surface area contributed by atoms with Crippen LogP contribution < -0.4 is 15.5 Å². The van der Waals surface area contributed by atoms with E-state index in [0.717, 1.165) is 22.5 Å². The highest BCUT2D eigenvalue weighted by atomic mass is 79.9. The second kappa shape index (κ2) is 11.0. The standard InChI is InChI=1S/C28H24BrFN4O3S/c1-16-13-18(7-9-21(16)32-25(35)15-36-2)34-27(26(33-28(34)38)22-5-3-4-12-31-22)24-11-10-23(37-24)19-8-6-17(30)14-20(19)29/h3-14,26-27H,15H2,1-2H3,(H,32,35)(H,33,38). The molecule has 2 atom stereocenters. The van der Waals surface area contributed by atoms with Crippen molar-refractivity contribution in [3.8, 4) is 11.3 Å². The minimum absolute atomic E-state index is 0.0276. The topological polar surface area (TPSA) is 79.6 Å². The Bertz CT molecular complexity index is 1500. The number of nitrogens with zero attached hydrogens (tertiary/aromatic N) is 2. The van der Waals surface area contributed by atoms with E-state index in [-0.39, 0.29) is 30.4 Å². The zero-order valence-electron chi connectivity index (χ0n) is 20.6. The second-order valence-electron chi connectivity index (χ2n) is 8.80. The molecule has 2 aromatic carbocycles. The molecular formula is C28H24BrFN4O3S. The van der Waals surface area contributed by atoms with Crippen molar-refractivity contribution >= 4 is 50.5 Å². The molecule has 38 heavy (non-hydrogen) atoms. The van der Waals surface area contributed by atoms with E-state index in [4.69, 9.17) is 21.4 Å². The smallest absolute Gasteiger partial charge is 0.250 e. The van der Waals surface area contributed by atoms with E-state index < -0.39 is 0 Å². The Balaban J connectivity index is 1.55.